The number of carbonyl (C=O) groups excluding carboxylic acids is 1. The van der Waals surface area contributed by atoms with E-state index in [2.05, 4.69) is 25.1 Å². The molecule has 0 radical (unpaired) electrons. The minimum Gasteiger partial charge on any atom is -0.384 e. The van der Waals surface area contributed by atoms with Crippen molar-refractivity contribution in [2.24, 2.45) is 11.1 Å². The van der Waals surface area contributed by atoms with Crippen molar-refractivity contribution < 1.29 is 9.32 Å². The van der Waals surface area contributed by atoms with E-state index in [0.29, 0.717) is 41.1 Å². The zero-order valence-electron chi connectivity index (χ0n) is 16.2. The maximum absolute atomic E-state index is 13.3. The van der Waals surface area contributed by atoms with Gasteiger partial charge in [-0.15, -0.1) is 0 Å². The number of nitrogens with zero attached hydrogens (tertiary/aromatic N) is 3. The second-order valence-corrected chi connectivity index (χ2v) is 8.17. The van der Waals surface area contributed by atoms with Gasteiger partial charge < -0.3 is 10.3 Å². The summed E-state index contributed by atoms with van der Waals surface area (Å²) >= 11 is 0. The predicted molar refractivity (Wildman–Crippen MR) is 105 cm³/mol. The number of hydrogen-bond acceptors (Lipinski definition) is 6. The molecule has 1 aliphatic heterocycles. The molecule has 1 aliphatic carbocycles. The summed E-state index contributed by atoms with van der Waals surface area (Å²) in [6.07, 6.45) is 2.62. The summed E-state index contributed by atoms with van der Waals surface area (Å²) in [6, 6.07) is 11.9. The number of nitrogens with two attached hydrogens (primary N) is 1. The minimum atomic E-state index is -0.546. The third kappa shape index (κ3) is 2.71. The molecule has 0 bridgehead atoms. The summed E-state index contributed by atoms with van der Waals surface area (Å²) in [5.74, 6) is -0.156. The largest absolute Gasteiger partial charge is 0.384 e. The fourth-order valence-electron chi connectivity index (χ4n) is 4.27. The zero-order chi connectivity index (χ0) is 20.1. The van der Waals surface area contributed by atoms with Crippen LogP contribution in [0.4, 0.5) is 5.69 Å². The van der Waals surface area contributed by atoms with Gasteiger partial charge in [-0.2, -0.15) is 5.26 Å². The summed E-state index contributed by atoms with van der Waals surface area (Å²) in [5, 5.41) is 13.9. The van der Waals surface area contributed by atoms with Crippen molar-refractivity contribution in [1.29, 1.82) is 5.26 Å². The van der Waals surface area contributed by atoms with Crippen LogP contribution in [0.3, 0.4) is 0 Å². The van der Waals surface area contributed by atoms with Gasteiger partial charge in [0.15, 0.2) is 5.78 Å². The van der Waals surface area contributed by atoms with Gasteiger partial charge in [0.2, 0.25) is 0 Å². The highest BCUT2D eigenvalue weighted by Gasteiger charge is 2.45. The molecule has 2 heterocycles. The van der Waals surface area contributed by atoms with Crippen LogP contribution in [-0.4, -0.2) is 10.9 Å². The average molecular weight is 374 g/mol. The van der Waals surface area contributed by atoms with Crippen LogP contribution in [-0.2, 0) is 4.79 Å². The molecular weight excluding hydrogens is 352 g/mol. The number of nitriles is 1. The first kappa shape index (κ1) is 18.1. The quantitative estimate of drug-likeness (QED) is 0.856. The zero-order valence-corrected chi connectivity index (χ0v) is 16.2. The number of aromatic nitrogens is 1. The summed E-state index contributed by atoms with van der Waals surface area (Å²) in [4.78, 5) is 15.2. The van der Waals surface area contributed by atoms with Gasteiger partial charge in [-0.3, -0.25) is 9.69 Å². The molecule has 0 fully saturated rings. The minimum absolute atomic E-state index is 0.0398. The highest BCUT2D eigenvalue weighted by molar-refractivity contribution is 6.01. The predicted octanol–water partition coefficient (Wildman–Crippen LogP) is 3.92. The fraction of sp³-hybridized carbons (Fsp3) is 0.318. The average Bonchev–Trinajstić information content (AvgIpc) is 3.06. The molecular formula is C22H22N4O2. The van der Waals surface area contributed by atoms with Gasteiger partial charge in [-0.05, 0) is 30.9 Å². The normalized spacial score (nSPS) is 21.6. The lowest BCUT2D eigenvalue weighted by Gasteiger charge is -2.43. The van der Waals surface area contributed by atoms with Crippen LogP contribution in [0.1, 0.15) is 43.9 Å². The molecule has 1 aromatic carbocycles. The number of ketones is 1. The molecule has 6 heteroatoms. The Balaban J connectivity index is 2.02. The number of carbonyl (C=O) groups is 1. The molecule has 4 rings (SSSR count). The fourth-order valence-corrected chi connectivity index (χ4v) is 4.27. The van der Waals surface area contributed by atoms with E-state index >= 15 is 0 Å². The Morgan fingerprint density at radius 1 is 1.29 bits per heavy atom. The Morgan fingerprint density at radius 2 is 2.00 bits per heavy atom. The lowest BCUT2D eigenvalue weighted by Crippen LogP contribution is -2.42. The maximum Gasteiger partial charge on any atom is 0.162 e. The number of rotatable bonds is 2. The smallest absolute Gasteiger partial charge is 0.162 e. The topological polar surface area (TPSA) is 96.2 Å². The van der Waals surface area contributed by atoms with Gasteiger partial charge in [0.25, 0.3) is 0 Å². The molecule has 2 aliphatic rings. The van der Waals surface area contributed by atoms with Gasteiger partial charge in [-0.1, -0.05) is 37.2 Å². The molecule has 2 N–H and O–H groups in total. The van der Waals surface area contributed by atoms with Crippen molar-refractivity contribution >= 4 is 11.5 Å². The van der Waals surface area contributed by atoms with E-state index in [1.165, 1.54) is 6.26 Å². The van der Waals surface area contributed by atoms with Crippen LogP contribution in [0, 0.1) is 23.7 Å². The van der Waals surface area contributed by atoms with Crippen LogP contribution in [0.2, 0.25) is 0 Å². The van der Waals surface area contributed by atoms with E-state index in [9.17, 15) is 10.1 Å². The third-order valence-corrected chi connectivity index (χ3v) is 5.49. The Hall–Kier alpha value is -3.33. The summed E-state index contributed by atoms with van der Waals surface area (Å²) in [7, 11) is 0. The summed E-state index contributed by atoms with van der Waals surface area (Å²) in [5.41, 5.74) is 10.4. The molecule has 0 unspecified atom stereocenters. The van der Waals surface area contributed by atoms with Crippen LogP contribution >= 0.6 is 0 Å². The van der Waals surface area contributed by atoms with E-state index in [4.69, 9.17) is 10.3 Å². The first-order chi connectivity index (χ1) is 13.3. The van der Waals surface area contributed by atoms with Crippen molar-refractivity contribution in [3.05, 3.63) is 70.5 Å². The van der Waals surface area contributed by atoms with Crippen LogP contribution < -0.4 is 10.6 Å². The number of anilines is 1. The van der Waals surface area contributed by atoms with Gasteiger partial charge in [0.1, 0.15) is 12.1 Å². The van der Waals surface area contributed by atoms with Crippen LogP contribution in [0.15, 0.2) is 63.8 Å². The number of aryl methyl sites for hydroxylation is 1. The second-order valence-electron chi connectivity index (χ2n) is 8.17. The number of allylic oxidation sites excluding steroid dienone is 3. The van der Waals surface area contributed by atoms with Crippen molar-refractivity contribution in [2.45, 2.75) is 39.5 Å². The standard InChI is InChI=1S/C22H22N4O2/c1-13-16(12-28-25-13)19-15(11-23)21(24)26(14-7-5-4-6-8-14)17-9-22(2,3)10-18(27)20(17)19/h4-8,12,19H,9-10,24H2,1-3H3/t19-/m1/s1. The first-order valence-corrected chi connectivity index (χ1v) is 9.26. The summed E-state index contributed by atoms with van der Waals surface area (Å²) < 4.78 is 5.12. The first-order valence-electron chi connectivity index (χ1n) is 9.26. The van der Waals surface area contributed by atoms with Gasteiger partial charge in [0, 0.05) is 28.9 Å². The molecule has 142 valence electrons. The molecule has 1 atom stereocenters. The third-order valence-electron chi connectivity index (χ3n) is 5.49. The van der Waals surface area contributed by atoms with E-state index < -0.39 is 5.92 Å². The summed E-state index contributed by atoms with van der Waals surface area (Å²) in [6.45, 7) is 5.97. The SMILES string of the molecule is Cc1nocc1[C@H]1C(C#N)=C(N)N(c2ccccc2)C2=C1C(=O)CC(C)(C)C2. The van der Waals surface area contributed by atoms with Gasteiger partial charge >= 0.3 is 0 Å². The molecule has 0 saturated carbocycles. The van der Waals surface area contributed by atoms with Crippen molar-refractivity contribution in [1.82, 2.24) is 5.16 Å². The van der Waals surface area contributed by atoms with Gasteiger partial charge in [0.05, 0.1) is 23.3 Å². The monoisotopic (exact) mass is 374 g/mol. The molecule has 1 aromatic heterocycles. The highest BCUT2D eigenvalue weighted by Crippen LogP contribution is 2.50. The Labute approximate surface area is 163 Å². The van der Waals surface area contributed by atoms with Crippen LogP contribution in [0.25, 0.3) is 0 Å². The molecule has 6 nitrogen and oxygen atoms in total. The lowest BCUT2D eigenvalue weighted by molar-refractivity contribution is -0.118. The van der Waals surface area contributed by atoms with E-state index in [-0.39, 0.29) is 11.2 Å². The molecule has 0 saturated heterocycles. The van der Waals surface area contributed by atoms with Crippen molar-refractivity contribution in [3.8, 4) is 6.07 Å². The molecule has 0 amide bonds. The van der Waals surface area contributed by atoms with Crippen molar-refractivity contribution in [2.75, 3.05) is 4.90 Å². The number of Topliss-reactive ketones (excluding diaryl/α,β-unsaturated/α-hetero) is 1. The van der Waals surface area contributed by atoms with E-state index in [0.717, 1.165) is 11.4 Å². The maximum atomic E-state index is 13.3. The van der Waals surface area contributed by atoms with E-state index in [1.54, 1.807) is 0 Å². The Kier molecular flexibility index (Phi) is 4.11. The van der Waals surface area contributed by atoms with Gasteiger partial charge in [-0.25, -0.2) is 0 Å². The van der Waals surface area contributed by atoms with Crippen LogP contribution in [0.5, 0.6) is 0 Å². The van der Waals surface area contributed by atoms with Crippen molar-refractivity contribution in [3.63, 3.8) is 0 Å². The Morgan fingerprint density at radius 3 is 2.61 bits per heavy atom. The lowest BCUT2D eigenvalue weighted by atomic mass is 9.68. The highest BCUT2D eigenvalue weighted by atomic mass is 16.5. The molecule has 28 heavy (non-hydrogen) atoms. The second kappa shape index (κ2) is 6.38. The number of para-hydroxylation sites is 1. The number of benzene rings is 1. The van der Waals surface area contributed by atoms with E-state index in [1.807, 2.05) is 42.2 Å². The molecule has 0 spiro atoms. The number of hydrogen-bond donors (Lipinski definition) is 1. The molecule has 2 aromatic rings. The Bertz CT molecular complexity index is 1050.